The molecule has 1 aliphatic heterocycles. The van der Waals surface area contributed by atoms with Gasteiger partial charge >= 0.3 is 5.69 Å². The molecule has 0 bridgehead atoms. The van der Waals surface area contributed by atoms with Crippen LogP contribution in [0.4, 0.5) is 17.5 Å². The number of likely N-dealkylation sites (N-methyl/N-ethyl adjacent to an activating group) is 1. The second-order valence-electron chi connectivity index (χ2n) is 4.99. The van der Waals surface area contributed by atoms with E-state index in [1.54, 1.807) is 25.9 Å². The Morgan fingerprint density at radius 2 is 2.14 bits per heavy atom. The lowest BCUT2D eigenvalue weighted by Crippen LogP contribution is -2.43. The van der Waals surface area contributed by atoms with Crippen LogP contribution in [0.5, 0.6) is 0 Å². The molecule has 0 aliphatic carbocycles. The molecular formula is C12H18N6O3. The molecule has 0 aromatic carbocycles. The summed E-state index contributed by atoms with van der Waals surface area (Å²) in [5.74, 6) is 0.586. The molecule has 1 saturated heterocycles. The summed E-state index contributed by atoms with van der Waals surface area (Å²) in [5, 5.41) is 17.0. The Morgan fingerprint density at radius 1 is 1.43 bits per heavy atom. The Bertz CT molecular complexity index is 576. The van der Waals surface area contributed by atoms with Gasteiger partial charge in [0.25, 0.3) is 0 Å². The third-order valence-electron chi connectivity index (χ3n) is 3.43. The molecule has 21 heavy (non-hydrogen) atoms. The minimum atomic E-state index is -0.491. The molecule has 0 saturated carbocycles. The number of anilines is 2. The van der Waals surface area contributed by atoms with Gasteiger partial charge in [-0.2, -0.15) is 4.98 Å². The van der Waals surface area contributed by atoms with E-state index >= 15 is 0 Å². The van der Waals surface area contributed by atoms with Crippen molar-refractivity contribution in [3.63, 3.8) is 0 Å². The molecule has 0 spiro atoms. The fraction of sp³-hybridized carbons (Fsp3) is 0.583. The Morgan fingerprint density at radius 3 is 2.71 bits per heavy atom. The lowest BCUT2D eigenvalue weighted by molar-refractivity contribution is -0.385. The molecule has 1 atom stereocenters. The zero-order valence-corrected chi connectivity index (χ0v) is 12.2. The van der Waals surface area contributed by atoms with Crippen molar-refractivity contribution in [2.45, 2.75) is 25.8 Å². The molecule has 1 fully saturated rings. The zero-order valence-electron chi connectivity index (χ0n) is 12.2. The maximum absolute atomic E-state index is 11.5. The van der Waals surface area contributed by atoms with Crippen molar-refractivity contribution in [3.05, 3.63) is 15.8 Å². The van der Waals surface area contributed by atoms with Crippen LogP contribution in [-0.4, -0.2) is 52.4 Å². The Labute approximate surface area is 121 Å². The van der Waals surface area contributed by atoms with Gasteiger partial charge < -0.3 is 15.5 Å². The quantitative estimate of drug-likeness (QED) is 0.622. The highest BCUT2D eigenvalue weighted by Gasteiger charge is 2.27. The monoisotopic (exact) mass is 294 g/mol. The lowest BCUT2D eigenvalue weighted by atomic mass is 10.1. The van der Waals surface area contributed by atoms with Crippen molar-refractivity contribution in [3.8, 4) is 0 Å². The summed E-state index contributed by atoms with van der Waals surface area (Å²) in [6, 6.07) is -0.0644. The number of nitrogens with one attached hydrogen (secondary N) is 2. The van der Waals surface area contributed by atoms with Gasteiger partial charge in [0.05, 0.1) is 4.92 Å². The minimum Gasteiger partial charge on any atom is -0.360 e. The number of nitro groups is 1. The van der Waals surface area contributed by atoms with Gasteiger partial charge in [0.1, 0.15) is 5.69 Å². The number of likely N-dealkylation sites (tertiary alicyclic amines) is 1. The van der Waals surface area contributed by atoms with Crippen molar-refractivity contribution >= 4 is 23.4 Å². The molecule has 1 aromatic heterocycles. The van der Waals surface area contributed by atoms with E-state index in [9.17, 15) is 14.9 Å². The number of hydrogen-bond acceptors (Lipinski definition) is 7. The molecule has 0 radical (unpaired) electrons. The van der Waals surface area contributed by atoms with Gasteiger partial charge in [0.2, 0.25) is 17.7 Å². The van der Waals surface area contributed by atoms with Gasteiger partial charge in [-0.1, -0.05) is 0 Å². The third kappa shape index (κ3) is 3.18. The summed E-state index contributed by atoms with van der Waals surface area (Å²) in [7, 11) is 3.37. The van der Waals surface area contributed by atoms with Crippen LogP contribution in [-0.2, 0) is 4.79 Å². The number of hydrogen-bond donors (Lipinski definition) is 2. The average molecular weight is 294 g/mol. The second-order valence-corrected chi connectivity index (χ2v) is 4.99. The van der Waals surface area contributed by atoms with E-state index in [-0.39, 0.29) is 23.5 Å². The molecule has 114 valence electrons. The number of piperidine rings is 1. The van der Waals surface area contributed by atoms with E-state index in [1.165, 1.54) is 0 Å². The van der Waals surface area contributed by atoms with Crippen LogP contribution in [0.15, 0.2) is 0 Å². The molecule has 2 heterocycles. The second kappa shape index (κ2) is 5.90. The molecule has 1 aliphatic rings. The van der Waals surface area contributed by atoms with E-state index in [0.717, 1.165) is 0 Å². The smallest absolute Gasteiger partial charge is 0.332 e. The number of aryl methyl sites for hydroxylation is 1. The fourth-order valence-corrected chi connectivity index (χ4v) is 2.32. The van der Waals surface area contributed by atoms with Crippen LogP contribution >= 0.6 is 0 Å². The maximum atomic E-state index is 11.5. The Hall–Kier alpha value is -2.45. The predicted octanol–water partition coefficient (Wildman–Crippen LogP) is 0.768. The topological polar surface area (TPSA) is 113 Å². The summed E-state index contributed by atoms with van der Waals surface area (Å²) >= 11 is 0. The van der Waals surface area contributed by atoms with Gasteiger partial charge in [-0.15, -0.1) is 0 Å². The molecule has 2 N–H and O–H groups in total. The first-order chi connectivity index (χ1) is 9.92. The highest BCUT2D eigenvalue weighted by Crippen LogP contribution is 2.28. The summed E-state index contributed by atoms with van der Waals surface area (Å²) in [6.07, 6.45) is 1.04. The molecule has 9 heteroatoms. The molecular weight excluding hydrogens is 276 g/mol. The molecule has 1 unspecified atom stereocenters. The van der Waals surface area contributed by atoms with Gasteiger partial charge in [-0.3, -0.25) is 14.9 Å². The van der Waals surface area contributed by atoms with E-state index < -0.39 is 4.92 Å². The van der Waals surface area contributed by atoms with Crippen molar-refractivity contribution in [2.75, 3.05) is 31.3 Å². The summed E-state index contributed by atoms with van der Waals surface area (Å²) in [5.41, 5.74) is 0.163. The van der Waals surface area contributed by atoms with Gasteiger partial charge in [0, 0.05) is 33.1 Å². The van der Waals surface area contributed by atoms with Gasteiger partial charge in [0.15, 0.2) is 0 Å². The highest BCUT2D eigenvalue weighted by molar-refractivity contribution is 5.77. The van der Waals surface area contributed by atoms with Crippen molar-refractivity contribution < 1.29 is 9.72 Å². The van der Waals surface area contributed by atoms with E-state index in [4.69, 9.17) is 0 Å². The van der Waals surface area contributed by atoms with Crippen LogP contribution in [0, 0.1) is 17.0 Å². The first-order valence-corrected chi connectivity index (χ1v) is 6.63. The van der Waals surface area contributed by atoms with Gasteiger partial charge in [-0.25, -0.2) is 4.98 Å². The van der Waals surface area contributed by atoms with Crippen molar-refractivity contribution in [2.24, 2.45) is 0 Å². The zero-order chi connectivity index (χ0) is 15.6. The van der Waals surface area contributed by atoms with Crippen LogP contribution in [0.25, 0.3) is 0 Å². The third-order valence-corrected chi connectivity index (χ3v) is 3.43. The molecule has 1 aromatic rings. The average Bonchev–Trinajstić information content (AvgIpc) is 2.41. The van der Waals surface area contributed by atoms with Crippen molar-refractivity contribution in [1.29, 1.82) is 0 Å². The summed E-state index contributed by atoms with van der Waals surface area (Å²) in [6.45, 7) is 2.07. The van der Waals surface area contributed by atoms with E-state index in [1.807, 2.05) is 0 Å². The van der Waals surface area contributed by atoms with E-state index in [2.05, 4.69) is 20.6 Å². The SMILES string of the molecule is CNc1nc(C)c([N+](=O)[O-])c(NC2CCC(=O)N(C)C2)n1. The van der Waals surface area contributed by atoms with Crippen LogP contribution in [0.3, 0.4) is 0 Å². The number of carbonyl (C=O) groups excluding carboxylic acids is 1. The predicted molar refractivity (Wildman–Crippen MR) is 77.3 cm³/mol. The number of carbonyl (C=O) groups is 1. The van der Waals surface area contributed by atoms with Crippen LogP contribution in [0.1, 0.15) is 18.5 Å². The standard InChI is InChI=1S/C12H18N6O3/c1-7-10(18(20)21)11(16-12(13-2)14-7)15-8-4-5-9(19)17(3)6-8/h8H,4-6H2,1-3H3,(H2,13,14,15,16). The molecule has 9 nitrogen and oxygen atoms in total. The van der Waals surface area contributed by atoms with Crippen LogP contribution in [0.2, 0.25) is 0 Å². The Balaban J connectivity index is 2.28. The maximum Gasteiger partial charge on any atom is 0.332 e. The first kappa shape index (κ1) is 14.9. The summed E-state index contributed by atoms with van der Waals surface area (Å²) in [4.78, 5) is 32.0. The fourth-order valence-electron chi connectivity index (χ4n) is 2.32. The normalized spacial score (nSPS) is 18.5. The number of aromatic nitrogens is 2. The minimum absolute atomic E-state index is 0.0644. The Kier molecular flexibility index (Phi) is 4.20. The number of amides is 1. The highest BCUT2D eigenvalue weighted by atomic mass is 16.6. The number of nitrogens with zero attached hydrogens (tertiary/aromatic N) is 4. The molecule has 2 rings (SSSR count). The number of rotatable bonds is 4. The van der Waals surface area contributed by atoms with Gasteiger partial charge in [-0.05, 0) is 13.3 Å². The molecule has 1 amide bonds. The van der Waals surface area contributed by atoms with Crippen LogP contribution < -0.4 is 10.6 Å². The van der Waals surface area contributed by atoms with Crippen molar-refractivity contribution in [1.82, 2.24) is 14.9 Å². The largest absolute Gasteiger partial charge is 0.360 e. The van der Waals surface area contributed by atoms with E-state index in [0.29, 0.717) is 31.0 Å². The summed E-state index contributed by atoms with van der Waals surface area (Å²) < 4.78 is 0. The first-order valence-electron chi connectivity index (χ1n) is 6.63. The lowest BCUT2D eigenvalue weighted by Gasteiger charge is -2.30.